The molecule has 0 aliphatic carbocycles. The van der Waals surface area contributed by atoms with Crippen molar-refractivity contribution in [2.75, 3.05) is 6.54 Å². The number of nitrogens with two attached hydrogens (primary N) is 1. The first-order chi connectivity index (χ1) is 8.49. The van der Waals surface area contributed by atoms with Gasteiger partial charge in [-0.3, -0.25) is 9.59 Å². The van der Waals surface area contributed by atoms with Crippen LogP contribution < -0.4 is 16.4 Å². The Morgan fingerprint density at radius 1 is 1.33 bits per heavy atom. The molecule has 4 N–H and O–H groups in total. The molecule has 1 heterocycles. The molecular weight excluding hydrogens is 230 g/mol. The molecule has 0 aromatic heterocycles. The lowest BCUT2D eigenvalue weighted by Crippen LogP contribution is -2.59. The van der Waals surface area contributed by atoms with Crippen LogP contribution in [-0.2, 0) is 9.59 Å². The molecule has 1 aliphatic rings. The van der Waals surface area contributed by atoms with Crippen LogP contribution in [0.3, 0.4) is 0 Å². The summed E-state index contributed by atoms with van der Waals surface area (Å²) in [5, 5.41) is 6.03. The van der Waals surface area contributed by atoms with Crippen LogP contribution in [0.1, 0.15) is 52.4 Å². The molecule has 1 fully saturated rings. The highest BCUT2D eigenvalue weighted by Gasteiger charge is 2.33. The van der Waals surface area contributed by atoms with Crippen molar-refractivity contribution in [2.45, 2.75) is 64.0 Å². The van der Waals surface area contributed by atoms with E-state index >= 15 is 0 Å². The molecule has 1 aliphatic heterocycles. The van der Waals surface area contributed by atoms with Crippen molar-refractivity contribution in [3.63, 3.8) is 0 Å². The zero-order valence-electron chi connectivity index (χ0n) is 11.4. The number of hydrogen-bond acceptors (Lipinski definition) is 3. The Bertz CT molecular complexity index is 299. The molecular formula is C13H25N3O2. The van der Waals surface area contributed by atoms with E-state index in [2.05, 4.69) is 10.6 Å². The highest BCUT2D eigenvalue weighted by Crippen LogP contribution is 2.12. The van der Waals surface area contributed by atoms with E-state index in [1.807, 2.05) is 6.92 Å². The molecule has 2 atom stereocenters. The van der Waals surface area contributed by atoms with E-state index < -0.39 is 11.4 Å². The number of amides is 2. The minimum Gasteiger partial charge on any atom is -0.368 e. The Balaban J connectivity index is 2.59. The standard InChI is InChI=1S/C13H25N3O2/c1-3-13(2,12(14)18)16-11(17)10-8-6-4-5-7-9-15-10/h10,15H,3-9H2,1-2H3,(H2,14,18)(H,16,17). The lowest BCUT2D eigenvalue weighted by Gasteiger charge is -2.29. The Morgan fingerprint density at radius 3 is 2.61 bits per heavy atom. The fraction of sp³-hybridized carbons (Fsp3) is 0.846. The van der Waals surface area contributed by atoms with E-state index in [0.29, 0.717) is 6.42 Å². The van der Waals surface area contributed by atoms with Gasteiger partial charge in [-0.25, -0.2) is 0 Å². The van der Waals surface area contributed by atoms with Gasteiger partial charge in [0.25, 0.3) is 0 Å². The summed E-state index contributed by atoms with van der Waals surface area (Å²) in [4.78, 5) is 23.5. The molecule has 104 valence electrons. The Kier molecular flexibility index (Phi) is 5.59. The van der Waals surface area contributed by atoms with Crippen LogP contribution in [0.25, 0.3) is 0 Å². The van der Waals surface area contributed by atoms with E-state index in [1.165, 1.54) is 12.8 Å². The van der Waals surface area contributed by atoms with Crippen molar-refractivity contribution >= 4 is 11.8 Å². The van der Waals surface area contributed by atoms with Gasteiger partial charge < -0.3 is 16.4 Å². The lowest BCUT2D eigenvalue weighted by atomic mass is 9.96. The molecule has 5 nitrogen and oxygen atoms in total. The minimum atomic E-state index is -0.943. The molecule has 1 rings (SSSR count). The Hall–Kier alpha value is -1.10. The van der Waals surface area contributed by atoms with Gasteiger partial charge in [0.05, 0.1) is 6.04 Å². The molecule has 2 amide bonds. The minimum absolute atomic E-state index is 0.111. The number of carbonyl (C=O) groups is 2. The molecule has 0 spiro atoms. The van der Waals surface area contributed by atoms with Crippen molar-refractivity contribution in [3.05, 3.63) is 0 Å². The van der Waals surface area contributed by atoms with Gasteiger partial charge in [0.1, 0.15) is 5.54 Å². The van der Waals surface area contributed by atoms with E-state index in [4.69, 9.17) is 5.73 Å². The van der Waals surface area contributed by atoms with E-state index in [1.54, 1.807) is 6.92 Å². The van der Waals surface area contributed by atoms with Gasteiger partial charge in [-0.2, -0.15) is 0 Å². The van der Waals surface area contributed by atoms with Crippen molar-refractivity contribution in [1.29, 1.82) is 0 Å². The largest absolute Gasteiger partial charge is 0.368 e. The number of nitrogens with one attached hydrogen (secondary N) is 2. The normalized spacial score (nSPS) is 24.4. The SMILES string of the molecule is CCC(C)(NC(=O)C1CCCCCCN1)C(N)=O. The first-order valence-corrected chi connectivity index (χ1v) is 6.85. The zero-order chi connectivity index (χ0) is 13.6. The van der Waals surface area contributed by atoms with Gasteiger partial charge in [0.15, 0.2) is 0 Å². The van der Waals surface area contributed by atoms with Gasteiger partial charge >= 0.3 is 0 Å². The van der Waals surface area contributed by atoms with Crippen LogP contribution in [0.2, 0.25) is 0 Å². The molecule has 2 unspecified atom stereocenters. The average Bonchev–Trinajstić information content (AvgIpc) is 2.27. The molecule has 0 radical (unpaired) electrons. The predicted molar refractivity (Wildman–Crippen MR) is 70.9 cm³/mol. The maximum absolute atomic E-state index is 12.2. The van der Waals surface area contributed by atoms with Crippen LogP contribution in [0.15, 0.2) is 0 Å². The highest BCUT2D eigenvalue weighted by atomic mass is 16.2. The third-order valence-corrected chi connectivity index (χ3v) is 3.78. The third kappa shape index (κ3) is 3.98. The van der Waals surface area contributed by atoms with Crippen LogP contribution in [-0.4, -0.2) is 29.9 Å². The molecule has 0 saturated carbocycles. The number of primary amides is 1. The van der Waals surface area contributed by atoms with Crippen molar-refractivity contribution in [1.82, 2.24) is 10.6 Å². The van der Waals surface area contributed by atoms with Crippen molar-refractivity contribution in [2.24, 2.45) is 5.73 Å². The van der Waals surface area contributed by atoms with Crippen molar-refractivity contribution < 1.29 is 9.59 Å². The molecule has 0 bridgehead atoms. The monoisotopic (exact) mass is 255 g/mol. The van der Waals surface area contributed by atoms with Crippen LogP contribution >= 0.6 is 0 Å². The van der Waals surface area contributed by atoms with Gasteiger partial charge in [-0.1, -0.05) is 26.2 Å². The number of hydrogen-bond donors (Lipinski definition) is 3. The predicted octanol–water partition coefficient (Wildman–Crippen LogP) is 0.679. The van der Waals surface area contributed by atoms with Gasteiger partial charge in [-0.05, 0) is 32.7 Å². The maximum atomic E-state index is 12.2. The summed E-state index contributed by atoms with van der Waals surface area (Å²) in [6.45, 7) is 4.38. The van der Waals surface area contributed by atoms with Crippen molar-refractivity contribution in [3.8, 4) is 0 Å². The van der Waals surface area contributed by atoms with E-state index in [-0.39, 0.29) is 11.9 Å². The Morgan fingerprint density at radius 2 is 2.00 bits per heavy atom. The highest BCUT2D eigenvalue weighted by molar-refractivity contribution is 5.91. The first-order valence-electron chi connectivity index (χ1n) is 6.85. The van der Waals surface area contributed by atoms with Crippen LogP contribution in [0.4, 0.5) is 0 Å². The lowest BCUT2D eigenvalue weighted by molar-refractivity contribution is -0.132. The smallest absolute Gasteiger partial charge is 0.242 e. The number of rotatable bonds is 4. The van der Waals surface area contributed by atoms with Crippen LogP contribution in [0, 0.1) is 0 Å². The summed E-state index contributed by atoms with van der Waals surface area (Å²) < 4.78 is 0. The topological polar surface area (TPSA) is 84.2 Å². The first kappa shape index (κ1) is 15.0. The third-order valence-electron chi connectivity index (χ3n) is 3.78. The van der Waals surface area contributed by atoms with Gasteiger partial charge in [0.2, 0.25) is 11.8 Å². The molecule has 0 aromatic carbocycles. The molecule has 1 saturated heterocycles. The molecule has 0 aromatic rings. The number of carbonyl (C=O) groups excluding carboxylic acids is 2. The van der Waals surface area contributed by atoms with Gasteiger partial charge in [0, 0.05) is 0 Å². The summed E-state index contributed by atoms with van der Waals surface area (Å²) in [5.41, 5.74) is 4.40. The summed E-state index contributed by atoms with van der Waals surface area (Å²) in [7, 11) is 0. The second kappa shape index (κ2) is 6.73. The second-order valence-corrected chi connectivity index (χ2v) is 5.25. The zero-order valence-corrected chi connectivity index (χ0v) is 11.4. The Labute approximate surface area is 109 Å². The summed E-state index contributed by atoms with van der Waals surface area (Å²) in [6, 6.07) is -0.199. The second-order valence-electron chi connectivity index (χ2n) is 5.25. The average molecular weight is 255 g/mol. The summed E-state index contributed by atoms with van der Waals surface area (Å²) in [5.74, 6) is -0.593. The molecule has 5 heteroatoms. The quantitative estimate of drug-likeness (QED) is 0.690. The molecule has 18 heavy (non-hydrogen) atoms. The van der Waals surface area contributed by atoms with Crippen LogP contribution in [0.5, 0.6) is 0 Å². The summed E-state index contributed by atoms with van der Waals surface area (Å²) in [6.07, 6.45) is 5.86. The van der Waals surface area contributed by atoms with E-state index in [9.17, 15) is 9.59 Å². The fourth-order valence-corrected chi connectivity index (χ4v) is 2.11. The maximum Gasteiger partial charge on any atom is 0.242 e. The summed E-state index contributed by atoms with van der Waals surface area (Å²) >= 11 is 0. The van der Waals surface area contributed by atoms with E-state index in [0.717, 1.165) is 25.8 Å². The fourth-order valence-electron chi connectivity index (χ4n) is 2.11. The van der Waals surface area contributed by atoms with Gasteiger partial charge in [-0.15, -0.1) is 0 Å².